The highest BCUT2D eigenvalue weighted by atomic mass is 32.2. The van der Waals surface area contributed by atoms with E-state index in [-0.39, 0.29) is 23.7 Å². The van der Waals surface area contributed by atoms with Gasteiger partial charge in [-0.3, -0.25) is 9.59 Å². The molecule has 1 atom stereocenters. The van der Waals surface area contributed by atoms with Crippen LogP contribution in [-0.2, 0) is 14.3 Å². The third kappa shape index (κ3) is 4.09. The molecule has 1 amide bonds. The van der Waals surface area contributed by atoms with E-state index in [2.05, 4.69) is 10.3 Å². The zero-order valence-electron chi connectivity index (χ0n) is 11.4. The molecule has 1 fully saturated rings. The molecule has 2 rings (SSSR count). The van der Waals surface area contributed by atoms with E-state index in [0.717, 1.165) is 11.3 Å². The summed E-state index contributed by atoms with van der Waals surface area (Å²) in [6, 6.07) is 7.75. The topological polar surface area (TPSA) is 67.8 Å². The summed E-state index contributed by atoms with van der Waals surface area (Å²) < 4.78 is 4.85. The average molecular weight is 292 g/mol. The summed E-state index contributed by atoms with van der Waals surface area (Å²) in [5.74, 6) is -0.421. The van der Waals surface area contributed by atoms with Crippen LogP contribution < -0.4 is 5.32 Å². The molecule has 1 heterocycles. The van der Waals surface area contributed by atoms with Crippen molar-refractivity contribution in [2.75, 3.05) is 6.61 Å². The molecular formula is C14H16N2O3S. The van der Waals surface area contributed by atoms with E-state index < -0.39 is 0 Å². The Kier molecular flexibility index (Phi) is 4.79. The first-order valence-electron chi connectivity index (χ1n) is 6.31. The van der Waals surface area contributed by atoms with E-state index in [1.807, 2.05) is 31.2 Å². The molecule has 0 aromatic heterocycles. The standard InChI is InChI=1S/C14H16N2O3S/c1-9-3-5-11(6-4-9)15-14-16-13(18)12(20-14)7-8-19-10(2)17/h3-6,12H,7-8H2,1-2H3,(H,15,16,18). The monoisotopic (exact) mass is 292 g/mol. The molecule has 0 radical (unpaired) electrons. The van der Waals surface area contributed by atoms with Gasteiger partial charge >= 0.3 is 5.97 Å². The van der Waals surface area contributed by atoms with Crippen LogP contribution in [0.15, 0.2) is 29.3 Å². The first-order chi connectivity index (χ1) is 9.54. The van der Waals surface area contributed by atoms with Gasteiger partial charge in [-0.25, -0.2) is 4.99 Å². The quantitative estimate of drug-likeness (QED) is 0.864. The normalized spacial score (nSPS) is 20.0. The Labute approximate surface area is 121 Å². The molecule has 0 saturated carbocycles. The Morgan fingerprint density at radius 2 is 2.10 bits per heavy atom. The summed E-state index contributed by atoms with van der Waals surface area (Å²) in [5.41, 5.74) is 1.97. The van der Waals surface area contributed by atoms with Gasteiger partial charge in [0.25, 0.3) is 0 Å². The first-order valence-corrected chi connectivity index (χ1v) is 7.19. The Hall–Kier alpha value is -1.82. The Bertz CT molecular complexity index is 540. The van der Waals surface area contributed by atoms with Crippen LogP contribution in [0.3, 0.4) is 0 Å². The first kappa shape index (κ1) is 14.6. The molecule has 5 nitrogen and oxygen atoms in total. The van der Waals surface area contributed by atoms with Gasteiger partial charge in [-0.05, 0) is 19.1 Å². The van der Waals surface area contributed by atoms with Gasteiger partial charge in [-0.2, -0.15) is 0 Å². The van der Waals surface area contributed by atoms with E-state index in [1.54, 1.807) is 0 Å². The van der Waals surface area contributed by atoms with Gasteiger partial charge < -0.3 is 10.1 Å². The third-order valence-corrected chi connectivity index (χ3v) is 3.88. The van der Waals surface area contributed by atoms with Crippen LogP contribution in [0.2, 0.25) is 0 Å². The molecule has 1 unspecified atom stereocenters. The van der Waals surface area contributed by atoms with Gasteiger partial charge in [-0.15, -0.1) is 0 Å². The summed E-state index contributed by atoms with van der Waals surface area (Å²) >= 11 is 1.37. The fraction of sp³-hybridized carbons (Fsp3) is 0.357. The van der Waals surface area contributed by atoms with Gasteiger partial charge in [0.05, 0.1) is 17.5 Å². The lowest BCUT2D eigenvalue weighted by molar-refractivity contribution is -0.141. The number of esters is 1. The molecule has 20 heavy (non-hydrogen) atoms. The highest BCUT2D eigenvalue weighted by molar-refractivity contribution is 8.15. The number of hydrogen-bond acceptors (Lipinski definition) is 5. The van der Waals surface area contributed by atoms with E-state index in [4.69, 9.17) is 4.74 Å². The summed E-state index contributed by atoms with van der Waals surface area (Å²) in [4.78, 5) is 26.8. The number of amidine groups is 1. The fourth-order valence-electron chi connectivity index (χ4n) is 1.69. The van der Waals surface area contributed by atoms with Crippen LogP contribution in [-0.4, -0.2) is 28.9 Å². The largest absolute Gasteiger partial charge is 0.466 e. The van der Waals surface area contributed by atoms with Crippen LogP contribution in [0.25, 0.3) is 0 Å². The van der Waals surface area contributed by atoms with E-state index in [0.29, 0.717) is 11.6 Å². The average Bonchev–Trinajstić information content (AvgIpc) is 2.72. The van der Waals surface area contributed by atoms with Gasteiger partial charge in [0.2, 0.25) is 5.91 Å². The minimum atomic E-state index is -0.332. The van der Waals surface area contributed by atoms with Crippen molar-refractivity contribution < 1.29 is 14.3 Å². The molecule has 1 aliphatic heterocycles. The van der Waals surface area contributed by atoms with Crippen molar-refractivity contribution in [3.05, 3.63) is 29.8 Å². The second kappa shape index (κ2) is 6.56. The molecule has 106 valence electrons. The molecular weight excluding hydrogens is 276 g/mol. The molecule has 1 aromatic rings. The highest BCUT2D eigenvalue weighted by Gasteiger charge is 2.30. The number of aliphatic imine (C=N–C) groups is 1. The number of nitrogens with zero attached hydrogens (tertiary/aromatic N) is 1. The number of amides is 1. The molecule has 0 aliphatic carbocycles. The van der Waals surface area contributed by atoms with Crippen LogP contribution >= 0.6 is 11.8 Å². The minimum Gasteiger partial charge on any atom is -0.466 e. The minimum absolute atomic E-state index is 0.0898. The second-order valence-corrected chi connectivity index (χ2v) is 5.67. The third-order valence-electron chi connectivity index (χ3n) is 2.73. The van der Waals surface area contributed by atoms with Crippen LogP contribution in [0.1, 0.15) is 18.9 Å². The molecule has 1 aliphatic rings. The lowest BCUT2D eigenvalue weighted by Crippen LogP contribution is -2.25. The maximum absolute atomic E-state index is 11.8. The van der Waals surface area contributed by atoms with E-state index >= 15 is 0 Å². The van der Waals surface area contributed by atoms with E-state index in [1.165, 1.54) is 18.7 Å². The number of rotatable bonds is 4. The van der Waals surface area contributed by atoms with Crippen molar-refractivity contribution in [3.63, 3.8) is 0 Å². The number of thioether (sulfide) groups is 1. The fourth-order valence-corrected chi connectivity index (χ4v) is 2.66. The van der Waals surface area contributed by atoms with Crippen molar-refractivity contribution in [2.45, 2.75) is 25.5 Å². The van der Waals surface area contributed by atoms with Crippen molar-refractivity contribution in [2.24, 2.45) is 4.99 Å². The Balaban J connectivity index is 1.94. The highest BCUT2D eigenvalue weighted by Crippen LogP contribution is 2.25. The molecule has 1 aromatic carbocycles. The lowest BCUT2D eigenvalue weighted by Gasteiger charge is -2.04. The van der Waals surface area contributed by atoms with Crippen molar-refractivity contribution in [1.82, 2.24) is 5.32 Å². The maximum atomic E-state index is 11.8. The van der Waals surface area contributed by atoms with Crippen LogP contribution in [0, 0.1) is 6.92 Å². The Morgan fingerprint density at radius 3 is 2.75 bits per heavy atom. The lowest BCUT2D eigenvalue weighted by atomic mass is 10.2. The second-order valence-electron chi connectivity index (χ2n) is 4.48. The molecule has 1 saturated heterocycles. The number of carbonyl (C=O) groups excluding carboxylic acids is 2. The predicted molar refractivity (Wildman–Crippen MR) is 79.0 cm³/mol. The van der Waals surface area contributed by atoms with Crippen LogP contribution in [0.4, 0.5) is 5.69 Å². The molecule has 0 spiro atoms. The summed E-state index contributed by atoms with van der Waals surface area (Å²) in [5, 5.41) is 3.08. The predicted octanol–water partition coefficient (Wildman–Crippen LogP) is 2.17. The van der Waals surface area contributed by atoms with E-state index in [9.17, 15) is 9.59 Å². The SMILES string of the molecule is CC(=O)OCCC1SC(=Nc2ccc(C)cc2)NC1=O. The van der Waals surface area contributed by atoms with Crippen molar-refractivity contribution >= 4 is 34.5 Å². The molecule has 6 heteroatoms. The number of benzene rings is 1. The van der Waals surface area contributed by atoms with Gasteiger partial charge in [0, 0.05) is 13.3 Å². The van der Waals surface area contributed by atoms with Gasteiger partial charge in [-0.1, -0.05) is 29.5 Å². The number of hydrogen-bond donors (Lipinski definition) is 1. The Morgan fingerprint density at radius 1 is 1.40 bits per heavy atom. The summed E-state index contributed by atoms with van der Waals surface area (Å²) in [7, 11) is 0. The number of aryl methyl sites for hydroxylation is 1. The van der Waals surface area contributed by atoms with Crippen LogP contribution in [0.5, 0.6) is 0 Å². The number of nitrogens with one attached hydrogen (secondary N) is 1. The summed E-state index contributed by atoms with van der Waals surface area (Å²) in [6.07, 6.45) is 0.489. The number of carbonyl (C=O) groups is 2. The zero-order valence-corrected chi connectivity index (χ0v) is 12.2. The maximum Gasteiger partial charge on any atom is 0.302 e. The smallest absolute Gasteiger partial charge is 0.302 e. The zero-order chi connectivity index (χ0) is 14.5. The number of ether oxygens (including phenoxy) is 1. The van der Waals surface area contributed by atoms with Gasteiger partial charge in [0.1, 0.15) is 0 Å². The van der Waals surface area contributed by atoms with Crippen molar-refractivity contribution in [1.29, 1.82) is 0 Å². The molecule has 0 bridgehead atoms. The van der Waals surface area contributed by atoms with Crippen molar-refractivity contribution in [3.8, 4) is 0 Å². The van der Waals surface area contributed by atoms with Gasteiger partial charge in [0.15, 0.2) is 5.17 Å². The molecule has 1 N–H and O–H groups in total. The summed E-state index contributed by atoms with van der Waals surface area (Å²) in [6.45, 7) is 3.61.